The number of quaternary nitrogens is 1. The molecule has 21 heteroatoms. The summed E-state index contributed by atoms with van der Waals surface area (Å²) >= 11 is 3.40. The van der Waals surface area contributed by atoms with Gasteiger partial charge in [-0.25, -0.2) is 19.3 Å². The number of hydrogen-bond donors (Lipinski definition) is 2. The van der Waals surface area contributed by atoms with E-state index in [-0.39, 0.29) is 37.5 Å². The number of hydrogen-bond acceptors (Lipinski definition) is 19. The number of carbonyl (C=O) groups is 4. The van der Waals surface area contributed by atoms with E-state index < -0.39 is 22.7 Å². The fourth-order valence-corrected chi connectivity index (χ4v) is 2.83. The van der Waals surface area contributed by atoms with Crippen LogP contribution in [0.25, 0.3) is 0 Å². The number of carbonyl (C=O) groups excluding carboxylic acids is 4. The molecule has 3 rings (SSSR count). The molecular weight excluding hydrogens is 754 g/mol. The predicted octanol–water partition coefficient (Wildman–Crippen LogP) is 5.75. The van der Waals surface area contributed by atoms with Gasteiger partial charge in [-0.2, -0.15) is 4.48 Å². The number of nitrogens with zero attached hydrogens (tertiary/aromatic N) is 2. The Hall–Kier alpha value is -5.21. The van der Waals surface area contributed by atoms with Gasteiger partial charge in [0.2, 0.25) is 6.04 Å². The summed E-state index contributed by atoms with van der Waals surface area (Å²) in [6, 6.07) is -0.705. The molecule has 0 radical (unpaired) electrons. The minimum atomic E-state index is -0.864. The van der Waals surface area contributed by atoms with E-state index in [1.54, 1.807) is 0 Å². The van der Waals surface area contributed by atoms with Crippen molar-refractivity contribution in [3.8, 4) is 0 Å². The first-order chi connectivity index (χ1) is 27.0. The maximum absolute atomic E-state index is 12.4. The van der Waals surface area contributed by atoms with Crippen molar-refractivity contribution in [3.05, 3.63) is 156 Å². The Labute approximate surface area is 328 Å². The molecule has 1 N–H and O–H groups in total. The van der Waals surface area contributed by atoms with Gasteiger partial charge in [-0.3, -0.25) is 4.79 Å². The van der Waals surface area contributed by atoms with Crippen LogP contribution in [0.5, 0.6) is 0 Å². The molecule has 55 heavy (non-hydrogen) atoms. The van der Waals surface area contributed by atoms with Gasteiger partial charge in [-0.15, -0.1) is 132 Å². The summed E-state index contributed by atoms with van der Waals surface area (Å²) in [4.78, 5) is 62.7. The molecule has 0 aromatic heterocycles. The highest BCUT2D eigenvalue weighted by molar-refractivity contribution is 7.77. The van der Waals surface area contributed by atoms with Crippen LogP contribution < -0.4 is 4.89 Å². The van der Waals surface area contributed by atoms with Crippen LogP contribution in [0.3, 0.4) is 0 Å². The van der Waals surface area contributed by atoms with Crippen molar-refractivity contribution >= 4 is 36.5 Å². The highest BCUT2D eigenvalue weighted by Crippen LogP contribution is 2.39. The van der Waals surface area contributed by atoms with Gasteiger partial charge in [0, 0.05) is 25.2 Å². The molecule has 0 aromatic rings. The number of amides is 3. The Balaban J connectivity index is -0.000000160. The van der Waals surface area contributed by atoms with Crippen molar-refractivity contribution in [2.24, 2.45) is 0 Å². The van der Waals surface area contributed by atoms with E-state index in [2.05, 4.69) is 204 Å². The van der Waals surface area contributed by atoms with Crippen LogP contribution in [0.1, 0.15) is 0 Å². The molecule has 20 nitrogen and oxygen atoms in total. The maximum atomic E-state index is 12.4. The molecule has 2 atom stereocenters. The average Bonchev–Trinajstić information content (AvgIpc) is 4.21. The first kappa shape index (κ1) is 67.9. The highest BCUT2D eigenvalue weighted by atomic mass is 32.1. The molecule has 0 bridgehead atoms. The minimum Gasteiger partial charge on any atom is -0.356 e. The van der Waals surface area contributed by atoms with E-state index in [1.165, 1.54) is 17.1 Å². The Morgan fingerprint density at radius 2 is 1.07 bits per heavy atom. The average molecular weight is 811 g/mol. The summed E-state index contributed by atoms with van der Waals surface area (Å²) < 4.78 is 4.88. The Morgan fingerprint density at radius 1 is 0.673 bits per heavy atom. The van der Waals surface area contributed by atoms with E-state index in [0.29, 0.717) is 12.8 Å². The van der Waals surface area contributed by atoms with E-state index >= 15 is 0 Å². The van der Waals surface area contributed by atoms with E-state index in [1.807, 2.05) is 4.89 Å². The van der Waals surface area contributed by atoms with Gasteiger partial charge < -0.3 is 19.4 Å². The van der Waals surface area contributed by atoms with Crippen LogP contribution in [0.15, 0.2) is 156 Å². The second kappa shape index (κ2) is 58.1. The zero-order valence-corrected chi connectivity index (χ0v) is 32.1. The third-order valence-corrected chi connectivity index (χ3v) is 4.43. The topological polar surface area (TPSA) is 203 Å². The van der Waals surface area contributed by atoms with Gasteiger partial charge in [-0.1, -0.05) is 17.7 Å². The fraction of sp³-hybridized carbons (Fsp3) is 0.176. The lowest BCUT2D eigenvalue weighted by atomic mass is 10.4. The van der Waals surface area contributed by atoms with Crippen LogP contribution in [0.4, 0.5) is 0 Å². The molecule has 0 aromatic carbocycles. The lowest BCUT2D eigenvalue weighted by Gasteiger charge is -2.08. The number of rotatable bonds is 18. The second-order valence-corrected chi connectivity index (χ2v) is 6.42. The molecule has 2 fully saturated rings. The quantitative estimate of drug-likeness (QED) is 0.0162. The monoisotopic (exact) mass is 810 g/mol. The Kier molecular flexibility index (Phi) is 71.7. The molecule has 314 valence electrons. The summed E-state index contributed by atoms with van der Waals surface area (Å²) in [6.45, 7) is 60.3. The first-order valence-electron chi connectivity index (χ1n) is 14.1. The van der Waals surface area contributed by atoms with Gasteiger partial charge in [0.15, 0.2) is 12.8 Å². The molecule has 3 aliphatic heterocycles. The van der Waals surface area contributed by atoms with Crippen molar-refractivity contribution < 1.29 is 88.4 Å². The smallest absolute Gasteiger partial charge is 0.353 e. The predicted molar refractivity (Wildman–Crippen MR) is 206 cm³/mol. The molecule has 0 saturated carbocycles. The van der Waals surface area contributed by atoms with Crippen LogP contribution in [0, 0.1) is 0 Å². The minimum absolute atomic E-state index is 0.00192. The highest BCUT2D eigenvalue weighted by Gasteiger charge is 2.72. The zero-order valence-electron chi connectivity index (χ0n) is 31.2. The van der Waals surface area contributed by atoms with Crippen LogP contribution in [-0.4, -0.2) is 71.6 Å². The molecule has 0 aliphatic carbocycles. The fourth-order valence-electron chi connectivity index (χ4n) is 2.74. The maximum Gasteiger partial charge on any atom is 0.353 e. The summed E-state index contributed by atoms with van der Waals surface area (Å²) in [5, 5.41) is 34.1. The standard InChI is InChI=1S/C14H16N3O17S.10C2H4/c18-11-1-2-12(19)17(11)8-9(17)14(21)16-7-10(16)22-5-6-24-27-29-31-33-34-32-30-28-26-23-4-3-13(20)25-15-35;10*1-2/h1-4,9-10,15,35H,5-8H2;10*1-2H2/q+1;;;;;;;;;;/b4-3-;;;;;;;;;;. The molecular formula is C34H56N3O17S+. The molecule has 1 spiro atoms. The van der Waals surface area contributed by atoms with Crippen LogP contribution >= 0.6 is 12.8 Å². The van der Waals surface area contributed by atoms with E-state index in [9.17, 15) is 19.2 Å². The van der Waals surface area contributed by atoms with Crippen molar-refractivity contribution in [3.63, 3.8) is 0 Å². The molecule has 3 aliphatic rings. The molecule has 2 saturated heterocycles. The van der Waals surface area contributed by atoms with Gasteiger partial charge in [0.25, 0.3) is 5.91 Å². The zero-order chi connectivity index (χ0) is 45.1. The van der Waals surface area contributed by atoms with Gasteiger partial charge in [0.05, 0.1) is 31.4 Å². The van der Waals surface area contributed by atoms with Crippen LogP contribution in [0.2, 0.25) is 0 Å². The first-order valence-corrected chi connectivity index (χ1v) is 14.6. The van der Waals surface area contributed by atoms with Crippen molar-refractivity contribution in [1.82, 2.24) is 9.79 Å². The van der Waals surface area contributed by atoms with E-state index in [0.717, 1.165) is 6.08 Å². The molecule has 3 amide bonds. The summed E-state index contributed by atoms with van der Waals surface area (Å²) in [6.07, 6.45) is 3.34. The number of ether oxygens (including phenoxy) is 1. The normalized spacial score (nSPS) is 14.6. The third-order valence-electron chi connectivity index (χ3n) is 4.34. The third kappa shape index (κ3) is 33.1. The van der Waals surface area contributed by atoms with Crippen molar-refractivity contribution in [2.75, 3.05) is 26.3 Å². The SMILES string of the molecule is C=C.C=C.C=C.C=C.C=C.C=C.C=C.C=C.C=C.C=C.O=C(/C=C\OOOOOOOOOOOCCOC1CN1C(=O)C1C[N+]12C(=O)C=CC2=O)ONS. The Bertz CT molecular complexity index is 959. The Morgan fingerprint density at radius 3 is 1.49 bits per heavy atom. The van der Waals surface area contributed by atoms with Crippen LogP contribution in [-0.2, 0) is 83.9 Å². The van der Waals surface area contributed by atoms with Gasteiger partial charge in [-0.05, 0) is 20.2 Å². The van der Waals surface area contributed by atoms with E-state index in [4.69, 9.17) is 4.74 Å². The number of imide groups is 1. The van der Waals surface area contributed by atoms with Crippen molar-refractivity contribution in [1.29, 1.82) is 0 Å². The second-order valence-electron chi connectivity index (χ2n) is 6.24. The lowest BCUT2D eigenvalue weighted by molar-refractivity contribution is -0.853. The summed E-state index contributed by atoms with van der Waals surface area (Å²) in [5.41, 5.74) is 0. The number of nitrogens with one attached hydrogen (secondary N) is 1. The largest absolute Gasteiger partial charge is 0.356 e. The summed E-state index contributed by atoms with van der Waals surface area (Å²) in [5.74, 6) is -1.97. The lowest BCUT2D eigenvalue weighted by Crippen LogP contribution is -2.39. The molecule has 3 heterocycles. The van der Waals surface area contributed by atoms with Gasteiger partial charge in [0.1, 0.15) is 12.9 Å². The number of thiol groups is 1. The molecule has 2 unspecified atom stereocenters. The van der Waals surface area contributed by atoms with Gasteiger partial charge >= 0.3 is 17.8 Å². The van der Waals surface area contributed by atoms with Crippen molar-refractivity contribution in [2.45, 2.75) is 12.3 Å². The summed E-state index contributed by atoms with van der Waals surface area (Å²) in [7, 11) is 0.